The molecule has 2 aromatic rings. The Morgan fingerprint density at radius 1 is 1.22 bits per heavy atom. The first kappa shape index (κ1) is 18.5. The van der Waals surface area contributed by atoms with Crippen molar-refractivity contribution in [3.8, 4) is 0 Å². The van der Waals surface area contributed by atoms with Gasteiger partial charge in [-0.1, -0.05) is 0 Å². The topological polar surface area (TPSA) is 77.7 Å². The molecule has 2 amide bonds. The lowest BCUT2D eigenvalue weighted by Crippen LogP contribution is -2.45. The molecule has 2 saturated heterocycles. The van der Waals surface area contributed by atoms with Crippen LogP contribution in [0.25, 0.3) is 10.2 Å². The van der Waals surface area contributed by atoms with Crippen LogP contribution in [0.4, 0.5) is 0 Å². The average Bonchev–Trinajstić information content (AvgIpc) is 3.30. The lowest BCUT2D eigenvalue weighted by atomic mass is 9.95. The molecule has 4 rings (SSSR count). The van der Waals surface area contributed by atoms with Crippen molar-refractivity contribution in [2.24, 2.45) is 5.92 Å². The first-order valence-electron chi connectivity index (χ1n) is 9.64. The number of carbonyl (C=O) groups is 2. The van der Waals surface area contributed by atoms with Crippen molar-refractivity contribution in [1.82, 2.24) is 20.1 Å². The predicted molar refractivity (Wildman–Crippen MR) is 105 cm³/mol. The smallest absolute Gasteiger partial charge is 0.270 e. The maximum absolute atomic E-state index is 12.7. The molecule has 0 bridgehead atoms. The number of aromatic amines is 1. The van der Waals surface area contributed by atoms with E-state index in [9.17, 15) is 9.59 Å². The third-order valence-corrected chi connectivity index (χ3v) is 6.30. The van der Waals surface area contributed by atoms with Crippen LogP contribution in [0.15, 0.2) is 17.5 Å². The molecular formula is C19H26N4O3S. The maximum atomic E-state index is 12.7. The monoisotopic (exact) mass is 390 g/mol. The lowest BCUT2D eigenvalue weighted by molar-refractivity contribution is -0.126. The highest BCUT2D eigenvalue weighted by Gasteiger charge is 2.28. The van der Waals surface area contributed by atoms with Crippen LogP contribution in [0.1, 0.15) is 23.3 Å². The summed E-state index contributed by atoms with van der Waals surface area (Å²) in [5.41, 5.74) is 0.644. The second kappa shape index (κ2) is 8.41. The summed E-state index contributed by atoms with van der Waals surface area (Å²) in [4.78, 5) is 33.5. The molecule has 0 atom stereocenters. The molecule has 27 heavy (non-hydrogen) atoms. The lowest BCUT2D eigenvalue weighted by Gasteiger charge is -2.31. The zero-order valence-corrected chi connectivity index (χ0v) is 16.2. The number of piperidine rings is 1. The first-order valence-corrected chi connectivity index (χ1v) is 10.5. The van der Waals surface area contributed by atoms with Gasteiger partial charge in [-0.25, -0.2) is 0 Å². The molecule has 0 radical (unpaired) electrons. The second-order valence-electron chi connectivity index (χ2n) is 7.20. The summed E-state index contributed by atoms with van der Waals surface area (Å²) in [6, 6.07) is 3.93. The van der Waals surface area contributed by atoms with E-state index in [1.807, 2.05) is 22.4 Å². The third kappa shape index (κ3) is 4.34. The number of nitrogens with zero attached hydrogens (tertiary/aromatic N) is 2. The molecule has 0 aromatic carbocycles. The van der Waals surface area contributed by atoms with Gasteiger partial charge in [0.05, 0.1) is 13.2 Å². The highest BCUT2D eigenvalue weighted by Crippen LogP contribution is 2.24. The van der Waals surface area contributed by atoms with Crippen molar-refractivity contribution in [1.29, 1.82) is 0 Å². The summed E-state index contributed by atoms with van der Waals surface area (Å²) < 4.78 is 5.33. The Bertz CT molecular complexity index is 759. The van der Waals surface area contributed by atoms with Crippen LogP contribution in [0.2, 0.25) is 0 Å². The van der Waals surface area contributed by atoms with Crippen molar-refractivity contribution in [2.75, 3.05) is 52.5 Å². The number of carbonyl (C=O) groups excluding carboxylic acids is 2. The number of rotatable bonds is 5. The van der Waals surface area contributed by atoms with Crippen LogP contribution >= 0.6 is 11.3 Å². The Balaban J connectivity index is 1.21. The highest BCUT2D eigenvalue weighted by molar-refractivity contribution is 7.16. The normalized spacial score (nSPS) is 19.5. The van der Waals surface area contributed by atoms with E-state index in [1.54, 1.807) is 11.3 Å². The molecule has 7 nitrogen and oxygen atoms in total. The summed E-state index contributed by atoms with van der Waals surface area (Å²) >= 11 is 1.60. The minimum atomic E-state index is 0.00544. The standard InChI is InChI=1S/C19H26N4O3S/c24-17(20-4-7-22-8-10-26-11-9-22)14-1-5-23(6-2-14)19(25)16-13-15-3-12-27-18(15)21-16/h3,12-14,21H,1-2,4-11H2,(H,20,24). The molecule has 2 N–H and O–H groups in total. The number of morpholine rings is 1. The number of hydrogen-bond acceptors (Lipinski definition) is 5. The number of amides is 2. The molecule has 8 heteroatoms. The highest BCUT2D eigenvalue weighted by atomic mass is 32.1. The minimum Gasteiger partial charge on any atom is -0.379 e. The van der Waals surface area contributed by atoms with E-state index in [0.717, 1.165) is 55.9 Å². The van der Waals surface area contributed by atoms with Gasteiger partial charge < -0.3 is 19.9 Å². The van der Waals surface area contributed by atoms with E-state index in [1.165, 1.54) is 0 Å². The number of likely N-dealkylation sites (tertiary alicyclic amines) is 1. The van der Waals surface area contributed by atoms with Gasteiger partial charge in [-0.3, -0.25) is 14.5 Å². The molecule has 0 spiro atoms. The number of ether oxygens (including phenoxy) is 1. The number of hydrogen-bond donors (Lipinski definition) is 2. The number of thiophene rings is 1. The Kier molecular flexibility index (Phi) is 5.75. The summed E-state index contributed by atoms with van der Waals surface area (Å²) in [5.74, 6) is 0.159. The maximum Gasteiger partial charge on any atom is 0.270 e. The van der Waals surface area contributed by atoms with E-state index in [4.69, 9.17) is 4.74 Å². The molecule has 0 saturated carbocycles. The number of fused-ring (bicyclic) bond motifs is 1. The Hall–Kier alpha value is -1.90. The second-order valence-corrected chi connectivity index (χ2v) is 8.12. The van der Waals surface area contributed by atoms with Crippen molar-refractivity contribution in [3.63, 3.8) is 0 Å². The summed E-state index contributed by atoms with van der Waals surface area (Å²) in [5, 5.41) is 6.15. The fourth-order valence-corrected chi connectivity index (χ4v) is 4.57. The molecule has 2 fully saturated rings. The molecule has 2 aliphatic heterocycles. The molecule has 146 valence electrons. The Morgan fingerprint density at radius 2 is 2.00 bits per heavy atom. The zero-order valence-electron chi connectivity index (χ0n) is 15.4. The quantitative estimate of drug-likeness (QED) is 0.812. The fraction of sp³-hybridized carbons (Fsp3) is 0.579. The Morgan fingerprint density at radius 3 is 2.74 bits per heavy atom. The van der Waals surface area contributed by atoms with Crippen LogP contribution in [0.3, 0.4) is 0 Å². The van der Waals surface area contributed by atoms with Crippen LogP contribution in [-0.4, -0.2) is 79.1 Å². The summed E-state index contributed by atoms with van der Waals surface area (Å²) in [7, 11) is 0. The molecular weight excluding hydrogens is 364 g/mol. The summed E-state index contributed by atoms with van der Waals surface area (Å²) in [6.45, 7) is 6.24. The largest absolute Gasteiger partial charge is 0.379 e. The fourth-order valence-electron chi connectivity index (χ4n) is 3.78. The SMILES string of the molecule is O=C(NCCN1CCOCC1)C1CCN(C(=O)c2cc3ccsc3[nH]2)CC1. The number of nitrogens with one attached hydrogen (secondary N) is 2. The van der Waals surface area contributed by atoms with Gasteiger partial charge in [0.2, 0.25) is 5.91 Å². The molecule has 4 heterocycles. The van der Waals surface area contributed by atoms with Crippen molar-refractivity contribution in [2.45, 2.75) is 12.8 Å². The van der Waals surface area contributed by atoms with Gasteiger partial charge in [-0.2, -0.15) is 0 Å². The van der Waals surface area contributed by atoms with Crippen LogP contribution in [-0.2, 0) is 9.53 Å². The van der Waals surface area contributed by atoms with Crippen molar-refractivity contribution >= 4 is 33.4 Å². The number of H-pyrrole nitrogens is 1. The van der Waals surface area contributed by atoms with Gasteiger partial charge in [-0.15, -0.1) is 11.3 Å². The van der Waals surface area contributed by atoms with Crippen LogP contribution in [0.5, 0.6) is 0 Å². The van der Waals surface area contributed by atoms with Crippen molar-refractivity contribution < 1.29 is 14.3 Å². The van der Waals surface area contributed by atoms with E-state index < -0.39 is 0 Å². The van der Waals surface area contributed by atoms with Crippen molar-refractivity contribution in [3.05, 3.63) is 23.2 Å². The minimum absolute atomic E-state index is 0.00544. The summed E-state index contributed by atoms with van der Waals surface area (Å²) in [6.07, 6.45) is 1.45. The van der Waals surface area contributed by atoms with Crippen LogP contribution < -0.4 is 5.32 Å². The van der Waals surface area contributed by atoms with Crippen LogP contribution in [0, 0.1) is 5.92 Å². The van der Waals surface area contributed by atoms with Gasteiger partial charge >= 0.3 is 0 Å². The van der Waals surface area contributed by atoms with Gasteiger partial charge in [-0.05, 0) is 30.4 Å². The molecule has 0 aliphatic carbocycles. The van der Waals surface area contributed by atoms with Gasteiger partial charge in [0.15, 0.2) is 0 Å². The first-order chi connectivity index (χ1) is 13.2. The molecule has 0 unspecified atom stereocenters. The van der Waals surface area contributed by atoms with E-state index >= 15 is 0 Å². The average molecular weight is 391 g/mol. The molecule has 2 aliphatic rings. The zero-order chi connectivity index (χ0) is 18.6. The van der Waals surface area contributed by atoms with E-state index in [0.29, 0.717) is 25.3 Å². The number of aromatic nitrogens is 1. The van der Waals surface area contributed by atoms with E-state index in [2.05, 4.69) is 15.2 Å². The Labute approximate surface area is 162 Å². The van der Waals surface area contributed by atoms with Gasteiger partial charge in [0, 0.05) is 50.6 Å². The van der Waals surface area contributed by atoms with E-state index in [-0.39, 0.29) is 17.7 Å². The van der Waals surface area contributed by atoms with Gasteiger partial charge in [0.25, 0.3) is 5.91 Å². The predicted octanol–water partition coefficient (Wildman–Crippen LogP) is 1.53. The van der Waals surface area contributed by atoms with Gasteiger partial charge in [0.1, 0.15) is 10.5 Å². The third-order valence-electron chi connectivity index (χ3n) is 5.46. The molecule has 2 aromatic heterocycles.